The molecular weight excluding hydrogens is 660 g/mol. The first-order valence-electron chi connectivity index (χ1n) is 15.1. The van der Waals surface area contributed by atoms with Crippen molar-refractivity contribution >= 4 is 23.3 Å². The first-order chi connectivity index (χ1) is 23.9. The van der Waals surface area contributed by atoms with Crippen LogP contribution < -0.4 is 18.9 Å². The zero-order valence-corrected chi connectivity index (χ0v) is 25.9. The summed E-state index contributed by atoms with van der Waals surface area (Å²) in [6.07, 6.45) is -7.43. The Balaban J connectivity index is 1.26. The van der Waals surface area contributed by atoms with Gasteiger partial charge in [-0.2, -0.15) is 0 Å². The average Bonchev–Trinajstić information content (AvgIpc) is 3.53. The van der Waals surface area contributed by atoms with Gasteiger partial charge in [0.05, 0.1) is 5.71 Å². The van der Waals surface area contributed by atoms with Crippen LogP contribution >= 0.6 is 0 Å². The number of fused-ring (bicyclic) bond motifs is 1. The van der Waals surface area contributed by atoms with Crippen LogP contribution in [-0.4, -0.2) is 102 Å². The molecule has 0 spiro atoms. The number of carboxylic acid groups (broad SMARTS) is 1. The van der Waals surface area contributed by atoms with Crippen LogP contribution in [0.5, 0.6) is 34.5 Å². The van der Waals surface area contributed by atoms with E-state index in [-0.39, 0.29) is 41.9 Å². The lowest BCUT2D eigenvalue weighted by atomic mass is 9.99. The molecule has 50 heavy (non-hydrogen) atoms. The number of aliphatic hydroxyl groups excluding tert-OH is 5. The minimum atomic E-state index is -1.98. The number of aliphatic imine (C=N–C) groups is 1. The van der Waals surface area contributed by atoms with E-state index in [9.17, 15) is 45.6 Å². The highest BCUT2D eigenvalue weighted by Crippen LogP contribution is 2.51. The van der Waals surface area contributed by atoms with Gasteiger partial charge < -0.3 is 64.5 Å². The van der Waals surface area contributed by atoms with Gasteiger partial charge in [-0.15, -0.1) is 0 Å². The topological polar surface area (TPSA) is 261 Å². The van der Waals surface area contributed by atoms with Crippen LogP contribution in [0.3, 0.4) is 0 Å². The highest BCUT2D eigenvalue weighted by Gasteiger charge is 2.48. The zero-order chi connectivity index (χ0) is 35.7. The van der Waals surface area contributed by atoms with Crippen LogP contribution in [0.15, 0.2) is 77.8 Å². The summed E-state index contributed by atoms with van der Waals surface area (Å²) in [5, 5.41) is 90.5. The van der Waals surface area contributed by atoms with Crippen molar-refractivity contribution in [3.8, 4) is 34.5 Å². The number of phenolic OH excluding ortho intramolecular Hbond substituents is 2. The molecule has 6 rings (SSSR count). The lowest BCUT2D eigenvalue weighted by molar-refractivity contribution is -0.271. The summed E-state index contributed by atoms with van der Waals surface area (Å²) in [6, 6.07) is 13.7. The molecule has 3 aliphatic rings. The molecule has 0 radical (unpaired) electrons. The van der Waals surface area contributed by atoms with E-state index in [0.717, 1.165) is 0 Å². The second-order valence-electron chi connectivity index (χ2n) is 11.5. The first-order valence-corrected chi connectivity index (χ1v) is 15.1. The molecule has 0 aromatic heterocycles. The predicted molar refractivity (Wildman–Crippen MR) is 172 cm³/mol. The second-order valence-corrected chi connectivity index (χ2v) is 11.5. The van der Waals surface area contributed by atoms with Gasteiger partial charge in [0.1, 0.15) is 78.1 Å². The molecule has 16 nitrogen and oxygen atoms in total. The maximum absolute atomic E-state index is 11.7. The smallest absolute Gasteiger partial charge is 0.335 e. The number of benzene rings is 3. The Labute approximate surface area is 283 Å². The molecule has 0 amide bonds. The Kier molecular flexibility index (Phi) is 9.63. The third kappa shape index (κ3) is 7.05. The standard InChI is InChI=1S/C34H32N2O14/c35-25-9-8-19(36-25)21(39)14-46-18-6-4-16(5-7-18)22-11-20(38)26-23(48-22)12-24(31(27(26)40)47-13-15-2-1-3-17(37)10-15)49-34-30(43)28(41)29(42)32(50-34)33(44)45/h1-12,21-22,28-30,32,34-35,37-43H,13-14H2,(H,44,45)/t21-,22?,28+,29-,30+,32-,34+/m0/s1. The van der Waals surface area contributed by atoms with Gasteiger partial charge >= 0.3 is 5.97 Å². The quantitative estimate of drug-likeness (QED) is 0.139. The van der Waals surface area contributed by atoms with Gasteiger partial charge in [-0.1, -0.05) is 24.3 Å². The molecule has 0 saturated carbocycles. The van der Waals surface area contributed by atoms with Gasteiger partial charge in [-0.25, -0.2) is 9.79 Å². The highest BCUT2D eigenvalue weighted by molar-refractivity contribution is 6.15. The van der Waals surface area contributed by atoms with E-state index in [1.165, 1.54) is 36.4 Å². The number of carbonyl (C=O) groups is 1. The molecule has 9 N–H and O–H groups in total. The van der Waals surface area contributed by atoms with Crippen molar-refractivity contribution in [2.45, 2.75) is 49.5 Å². The van der Waals surface area contributed by atoms with E-state index in [2.05, 4.69) is 4.99 Å². The number of phenols is 2. The van der Waals surface area contributed by atoms with E-state index >= 15 is 0 Å². The lowest BCUT2D eigenvalue weighted by Gasteiger charge is -2.38. The molecule has 0 bridgehead atoms. The molecular formula is C34H32N2O14. The Morgan fingerprint density at radius 2 is 1.72 bits per heavy atom. The fraction of sp³-hybridized carbons (Fsp3) is 0.265. The molecule has 16 heteroatoms. The van der Waals surface area contributed by atoms with E-state index in [1.54, 1.807) is 36.4 Å². The van der Waals surface area contributed by atoms with Crippen molar-refractivity contribution in [3.63, 3.8) is 0 Å². The minimum Gasteiger partial charge on any atom is -0.508 e. The number of amidine groups is 1. The van der Waals surface area contributed by atoms with Gasteiger partial charge in [0.25, 0.3) is 0 Å². The monoisotopic (exact) mass is 692 g/mol. The van der Waals surface area contributed by atoms with Crippen LogP contribution in [0.4, 0.5) is 0 Å². The van der Waals surface area contributed by atoms with Crippen molar-refractivity contribution in [2.75, 3.05) is 6.61 Å². The number of aliphatic carboxylic acids is 1. The molecule has 3 heterocycles. The number of nitrogens with one attached hydrogen (secondary N) is 1. The largest absolute Gasteiger partial charge is 0.508 e. The Bertz CT molecular complexity index is 1870. The van der Waals surface area contributed by atoms with Gasteiger partial charge in [0, 0.05) is 12.1 Å². The van der Waals surface area contributed by atoms with Crippen molar-refractivity contribution in [1.29, 1.82) is 5.41 Å². The van der Waals surface area contributed by atoms with Crippen molar-refractivity contribution in [2.24, 2.45) is 4.99 Å². The fourth-order valence-electron chi connectivity index (χ4n) is 5.39. The van der Waals surface area contributed by atoms with E-state index < -0.39 is 66.1 Å². The summed E-state index contributed by atoms with van der Waals surface area (Å²) in [5.74, 6) is -3.20. The molecule has 0 aliphatic carbocycles. The zero-order valence-electron chi connectivity index (χ0n) is 25.9. The van der Waals surface area contributed by atoms with E-state index in [0.29, 0.717) is 22.6 Å². The number of aliphatic hydroxyl groups is 5. The SMILES string of the molecule is N=C1C=CC([C@@H](O)COc2ccc(C3C=C(O)c4c(cc(O[C@@H]5O[C@H](C(=O)O)[C@@H](O)[C@@H](O)[C@H]5O)c(OCc5cccc(O)c5)c4O)O3)cc2)=N1. The molecule has 262 valence electrons. The maximum Gasteiger partial charge on any atom is 0.335 e. The maximum atomic E-state index is 11.7. The highest BCUT2D eigenvalue weighted by atomic mass is 16.7. The second kappa shape index (κ2) is 14.1. The molecule has 3 aromatic carbocycles. The van der Waals surface area contributed by atoms with Crippen LogP contribution in [0.1, 0.15) is 22.8 Å². The number of carboxylic acids is 1. The molecule has 1 saturated heterocycles. The molecule has 3 aliphatic heterocycles. The number of rotatable bonds is 11. The summed E-state index contributed by atoms with van der Waals surface area (Å²) in [7, 11) is 0. The summed E-state index contributed by atoms with van der Waals surface area (Å²) in [6.45, 7) is -0.359. The number of nitrogens with zero attached hydrogens (tertiary/aromatic N) is 1. The van der Waals surface area contributed by atoms with Gasteiger partial charge in [-0.05, 0) is 47.5 Å². The lowest BCUT2D eigenvalue weighted by Crippen LogP contribution is -2.61. The van der Waals surface area contributed by atoms with Gasteiger partial charge in [-0.3, -0.25) is 5.41 Å². The third-order valence-corrected chi connectivity index (χ3v) is 7.97. The number of hydrogen-bond donors (Lipinski definition) is 9. The summed E-state index contributed by atoms with van der Waals surface area (Å²) in [4.78, 5) is 15.6. The van der Waals surface area contributed by atoms with Crippen molar-refractivity contribution in [1.82, 2.24) is 0 Å². The van der Waals surface area contributed by atoms with Crippen LogP contribution in [0.25, 0.3) is 5.76 Å². The van der Waals surface area contributed by atoms with E-state index in [1.807, 2.05) is 0 Å². The van der Waals surface area contributed by atoms with Crippen molar-refractivity contribution < 1.29 is 69.3 Å². The first kappa shape index (κ1) is 34.2. The van der Waals surface area contributed by atoms with Crippen LogP contribution in [0.2, 0.25) is 0 Å². The average molecular weight is 693 g/mol. The summed E-state index contributed by atoms with van der Waals surface area (Å²) >= 11 is 0. The molecule has 1 fully saturated rings. The predicted octanol–water partition coefficient (Wildman–Crippen LogP) is 1.71. The molecule has 7 atom stereocenters. The fourth-order valence-corrected chi connectivity index (χ4v) is 5.39. The van der Waals surface area contributed by atoms with Crippen LogP contribution in [0, 0.1) is 5.41 Å². The summed E-state index contributed by atoms with van der Waals surface area (Å²) in [5.41, 5.74) is 1.12. The summed E-state index contributed by atoms with van der Waals surface area (Å²) < 4.78 is 28.6. The Hall–Kier alpha value is -5.65. The van der Waals surface area contributed by atoms with E-state index in [4.69, 9.17) is 29.1 Å². The molecule has 3 aromatic rings. The number of hydrogen-bond acceptors (Lipinski definition) is 14. The Morgan fingerprint density at radius 3 is 2.40 bits per heavy atom. The Morgan fingerprint density at radius 1 is 0.960 bits per heavy atom. The van der Waals surface area contributed by atoms with Gasteiger partial charge in [0.2, 0.25) is 12.0 Å². The van der Waals surface area contributed by atoms with Crippen molar-refractivity contribution in [3.05, 3.63) is 89.5 Å². The molecule has 1 unspecified atom stereocenters. The van der Waals surface area contributed by atoms with Crippen LogP contribution in [-0.2, 0) is 16.1 Å². The number of aromatic hydroxyl groups is 2. The third-order valence-electron chi connectivity index (χ3n) is 7.97. The number of ether oxygens (including phenoxy) is 5. The minimum absolute atomic E-state index is 0.0308. The normalized spacial score (nSPS) is 24.8. The van der Waals surface area contributed by atoms with Gasteiger partial charge in [0.15, 0.2) is 17.6 Å².